The highest BCUT2D eigenvalue weighted by molar-refractivity contribution is 7.15. The maximum atomic E-state index is 11.9. The zero-order valence-corrected chi connectivity index (χ0v) is 12.2. The van der Waals surface area contributed by atoms with E-state index in [2.05, 4.69) is 4.98 Å². The van der Waals surface area contributed by atoms with Crippen LogP contribution >= 0.6 is 22.9 Å². The molecule has 6 heteroatoms. The molecule has 3 aromatic rings. The number of methoxy groups -OCH3 is 1. The molecule has 3 rings (SSSR count). The number of thiazole rings is 1. The minimum Gasteiger partial charge on any atom is -0.465 e. The lowest BCUT2D eigenvalue weighted by molar-refractivity contribution is 0.0602. The Bertz CT molecular complexity index is 778. The average molecular weight is 307 g/mol. The van der Waals surface area contributed by atoms with Crippen LogP contribution in [0.5, 0.6) is 0 Å². The second-order valence-corrected chi connectivity index (χ2v) is 5.96. The second-order valence-electron chi connectivity index (χ2n) is 4.26. The summed E-state index contributed by atoms with van der Waals surface area (Å²) in [6.45, 7) is 0.627. The molecule has 0 bridgehead atoms. The lowest BCUT2D eigenvalue weighted by Crippen LogP contribution is -2.05. The summed E-state index contributed by atoms with van der Waals surface area (Å²) in [5.41, 5.74) is 1.43. The first kappa shape index (κ1) is 13.1. The van der Waals surface area contributed by atoms with Gasteiger partial charge in [0.15, 0.2) is 4.47 Å². The SMILES string of the molecule is COC(=O)c1cccc2ccn(Cc3cnc(Cl)s3)c12. The lowest BCUT2D eigenvalue weighted by atomic mass is 10.1. The summed E-state index contributed by atoms with van der Waals surface area (Å²) in [5, 5.41) is 1.00. The van der Waals surface area contributed by atoms with Gasteiger partial charge in [-0.15, -0.1) is 11.3 Å². The highest BCUT2D eigenvalue weighted by Gasteiger charge is 2.14. The topological polar surface area (TPSA) is 44.1 Å². The Labute approximate surface area is 124 Å². The van der Waals surface area contributed by atoms with Crippen LogP contribution in [-0.4, -0.2) is 22.6 Å². The molecule has 4 nitrogen and oxygen atoms in total. The zero-order chi connectivity index (χ0) is 14.1. The molecule has 0 saturated carbocycles. The summed E-state index contributed by atoms with van der Waals surface area (Å²) in [6.07, 6.45) is 3.70. The molecule has 0 saturated heterocycles. The molecule has 1 aromatic carbocycles. The second kappa shape index (κ2) is 5.26. The zero-order valence-electron chi connectivity index (χ0n) is 10.7. The largest absolute Gasteiger partial charge is 0.465 e. The normalized spacial score (nSPS) is 10.9. The van der Waals surface area contributed by atoms with Crippen LogP contribution in [-0.2, 0) is 11.3 Å². The van der Waals surface area contributed by atoms with Crippen LogP contribution < -0.4 is 0 Å². The number of benzene rings is 1. The van der Waals surface area contributed by atoms with Crippen molar-refractivity contribution in [1.82, 2.24) is 9.55 Å². The summed E-state index contributed by atoms with van der Waals surface area (Å²) >= 11 is 7.28. The minimum absolute atomic E-state index is 0.335. The number of fused-ring (bicyclic) bond motifs is 1. The first-order valence-electron chi connectivity index (χ1n) is 5.95. The highest BCUT2D eigenvalue weighted by Crippen LogP contribution is 2.24. The molecule has 0 aliphatic rings. The molecule has 0 spiro atoms. The van der Waals surface area contributed by atoms with Crippen molar-refractivity contribution in [1.29, 1.82) is 0 Å². The van der Waals surface area contributed by atoms with Gasteiger partial charge in [-0.2, -0.15) is 0 Å². The first-order chi connectivity index (χ1) is 9.69. The monoisotopic (exact) mass is 306 g/mol. The third-order valence-electron chi connectivity index (χ3n) is 3.05. The maximum Gasteiger partial charge on any atom is 0.340 e. The molecule has 0 amide bonds. The van der Waals surface area contributed by atoms with Gasteiger partial charge < -0.3 is 9.30 Å². The number of nitrogens with zero attached hydrogens (tertiary/aromatic N) is 2. The molecule has 0 radical (unpaired) electrons. The molecular weight excluding hydrogens is 296 g/mol. The predicted octanol–water partition coefficient (Wildman–Crippen LogP) is 3.59. The fourth-order valence-electron chi connectivity index (χ4n) is 2.19. The van der Waals surface area contributed by atoms with Gasteiger partial charge in [0.1, 0.15) is 0 Å². The maximum absolute atomic E-state index is 11.9. The van der Waals surface area contributed by atoms with E-state index in [1.807, 2.05) is 29.0 Å². The van der Waals surface area contributed by atoms with Gasteiger partial charge in [-0.1, -0.05) is 23.7 Å². The molecule has 0 fully saturated rings. The van der Waals surface area contributed by atoms with Crippen LogP contribution in [0.2, 0.25) is 4.47 Å². The van der Waals surface area contributed by atoms with E-state index in [0.717, 1.165) is 15.8 Å². The van der Waals surface area contributed by atoms with Gasteiger partial charge >= 0.3 is 5.97 Å². The molecule has 0 N–H and O–H groups in total. The molecule has 0 unspecified atom stereocenters. The van der Waals surface area contributed by atoms with E-state index in [1.165, 1.54) is 18.4 Å². The van der Waals surface area contributed by atoms with Crippen molar-refractivity contribution in [3.63, 3.8) is 0 Å². The summed E-state index contributed by atoms with van der Waals surface area (Å²) < 4.78 is 7.36. The van der Waals surface area contributed by atoms with Gasteiger partial charge in [0.05, 0.1) is 24.7 Å². The van der Waals surface area contributed by atoms with Crippen LogP contribution in [0.25, 0.3) is 10.9 Å². The third-order valence-corrected chi connectivity index (χ3v) is 4.14. The van der Waals surface area contributed by atoms with Gasteiger partial charge in [-0.05, 0) is 12.1 Å². The molecule has 20 heavy (non-hydrogen) atoms. The van der Waals surface area contributed by atoms with Crippen molar-refractivity contribution in [3.8, 4) is 0 Å². The van der Waals surface area contributed by atoms with Crippen molar-refractivity contribution < 1.29 is 9.53 Å². The van der Waals surface area contributed by atoms with Crippen LogP contribution in [0.4, 0.5) is 0 Å². The number of esters is 1. The first-order valence-corrected chi connectivity index (χ1v) is 7.15. The van der Waals surface area contributed by atoms with E-state index >= 15 is 0 Å². The van der Waals surface area contributed by atoms with E-state index in [1.54, 1.807) is 12.3 Å². The molecule has 0 atom stereocenters. The number of halogens is 1. The van der Waals surface area contributed by atoms with Crippen molar-refractivity contribution in [2.75, 3.05) is 7.11 Å². The van der Waals surface area contributed by atoms with Gasteiger partial charge in [0.25, 0.3) is 0 Å². The molecule has 0 aliphatic carbocycles. The van der Waals surface area contributed by atoms with Gasteiger partial charge in [-0.25, -0.2) is 9.78 Å². The van der Waals surface area contributed by atoms with Crippen molar-refractivity contribution in [2.45, 2.75) is 6.54 Å². The van der Waals surface area contributed by atoms with Crippen molar-refractivity contribution >= 4 is 39.8 Å². The Balaban J connectivity index is 2.09. The fourth-order valence-corrected chi connectivity index (χ4v) is 3.17. The number of rotatable bonds is 3. The van der Waals surface area contributed by atoms with E-state index in [4.69, 9.17) is 16.3 Å². The summed E-state index contributed by atoms with van der Waals surface area (Å²) in [4.78, 5) is 16.9. The van der Waals surface area contributed by atoms with Crippen LogP contribution in [0.15, 0.2) is 36.7 Å². The smallest absolute Gasteiger partial charge is 0.340 e. The number of hydrogen-bond donors (Lipinski definition) is 0. The van der Waals surface area contributed by atoms with Crippen LogP contribution in [0.1, 0.15) is 15.2 Å². The van der Waals surface area contributed by atoms with Crippen LogP contribution in [0, 0.1) is 0 Å². The Morgan fingerprint density at radius 2 is 2.30 bits per heavy atom. The minimum atomic E-state index is -0.335. The van der Waals surface area contributed by atoms with E-state index < -0.39 is 0 Å². The fraction of sp³-hybridized carbons (Fsp3) is 0.143. The summed E-state index contributed by atoms with van der Waals surface area (Å²) in [6, 6.07) is 7.56. The molecule has 0 aliphatic heterocycles. The molecule has 102 valence electrons. The average Bonchev–Trinajstić information content (AvgIpc) is 3.05. The number of carbonyl (C=O) groups excluding carboxylic acids is 1. The third kappa shape index (κ3) is 2.30. The Morgan fingerprint density at radius 1 is 1.45 bits per heavy atom. The number of para-hydroxylation sites is 1. The predicted molar refractivity (Wildman–Crippen MR) is 79.5 cm³/mol. The number of carbonyl (C=O) groups is 1. The van der Waals surface area contributed by atoms with E-state index in [0.29, 0.717) is 16.6 Å². The Morgan fingerprint density at radius 3 is 3.00 bits per heavy atom. The van der Waals surface area contributed by atoms with Gasteiger partial charge in [0.2, 0.25) is 0 Å². The van der Waals surface area contributed by atoms with E-state index in [-0.39, 0.29) is 5.97 Å². The lowest BCUT2D eigenvalue weighted by Gasteiger charge is -2.07. The van der Waals surface area contributed by atoms with Crippen molar-refractivity contribution in [2.24, 2.45) is 0 Å². The summed E-state index contributed by atoms with van der Waals surface area (Å²) in [5.74, 6) is -0.335. The van der Waals surface area contributed by atoms with Gasteiger partial charge in [0, 0.05) is 22.7 Å². The number of ether oxygens (including phenoxy) is 1. The number of aromatic nitrogens is 2. The van der Waals surface area contributed by atoms with Crippen molar-refractivity contribution in [3.05, 3.63) is 51.6 Å². The Kier molecular flexibility index (Phi) is 3.46. The number of hydrogen-bond acceptors (Lipinski definition) is 4. The highest BCUT2D eigenvalue weighted by atomic mass is 35.5. The van der Waals surface area contributed by atoms with Gasteiger partial charge in [-0.3, -0.25) is 0 Å². The quantitative estimate of drug-likeness (QED) is 0.695. The Hall–Kier alpha value is -1.85. The van der Waals surface area contributed by atoms with E-state index in [9.17, 15) is 4.79 Å². The standard InChI is InChI=1S/C14H11ClN2O2S/c1-19-13(18)11-4-2-3-9-5-6-17(12(9)11)8-10-7-16-14(15)20-10/h2-7H,8H2,1H3. The summed E-state index contributed by atoms with van der Waals surface area (Å²) in [7, 11) is 1.39. The molecule has 2 heterocycles. The molecular formula is C14H11ClN2O2S. The van der Waals surface area contributed by atoms with Crippen LogP contribution in [0.3, 0.4) is 0 Å². The molecule has 2 aromatic heterocycles.